The van der Waals surface area contributed by atoms with E-state index in [-0.39, 0.29) is 23.2 Å². The number of nitrogens with two attached hydrogens (primary N) is 1. The lowest BCUT2D eigenvalue weighted by atomic mass is 10.0. The molecule has 1 amide bonds. The molecule has 2 rings (SSSR count). The second-order valence-corrected chi connectivity index (χ2v) is 8.92. The average Bonchev–Trinajstić information content (AvgIpc) is 2.55. The molecule has 1 fully saturated rings. The molecule has 1 aromatic rings. The molecule has 1 aromatic carbocycles. The van der Waals surface area contributed by atoms with E-state index in [9.17, 15) is 13.2 Å². The fraction of sp³-hybridized carbons (Fsp3) is 0.588. The molecule has 0 bridgehead atoms. The van der Waals surface area contributed by atoms with Crippen LogP contribution in [0.2, 0.25) is 0 Å². The van der Waals surface area contributed by atoms with Crippen LogP contribution >= 0.6 is 12.4 Å². The van der Waals surface area contributed by atoms with Gasteiger partial charge in [-0.2, -0.15) is 4.31 Å². The van der Waals surface area contributed by atoms with Crippen molar-refractivity contribution >= 4 is 28.3 Å². The molecule has 1 aliphatic rings. The van der Waals surface area contributed by atoms with Gasteiger partial charge in [0.25, 0.3) is 5.91 Å². The second-order valence-electron chi connectivity index (χ2n) is 6.98. The molecule has 0 aliphatic carbocycles. The Morgan fingerprint density at radius 1 is 1.24 bits per heavy atom. The van der Waals surface area contributed by atoms with Gasteiger partial charge in [-0.15, -0.1) is 12.4 Å². The standard InChI is InChI=1S/C17H27N3O3S.ClH/c1-13-7-8-14(24(22,23)20-9-5-4-6-10-20)11-15(13)16(21)19-17(2,3)12-18;/h7-8,11H,4-6,9-10,12,18H2,1-3H3,(H,19,21);1H. The number of sulfonamides is 1. The number of carbonyl (C=O) groups excluding carboxylic acids is 1. The highest BCUT2D eigenvalue weighted by Gasteiger charge is 2.27. The maximum Gasteiger partial charge on any atom is 0.252 e. The first kappa shape index (κ1) is 21.9. The van der Waals surface area contributed by atoms with Crippen molar-refractivity contribution in [2.75, 3.05) is 19.6 Å². The van der Waals surface area contributed by atoms with E-state index in [2.05, 4.69) is 5.32 Å². The van der Waals surface area contributed by atoms with Gasteiger partial charge in [-0.05, 0) is 51.3 Å². The van der Waals surface area contributed by atoms with Crippen LogP contribution in [0.3, 0.4) is 0 Å². The van der Waals surface area contributed by atoms with Crippen LogP contribution in [-0.4, -0.2) is 43.8 Å². The SMILES string of the molecule is Cc1ccc(S(=O)(=O)N2CCCCC2)cc1C(=O)NC(C)(C)CN.Cl. The molecular weight excluding hydrogens is 362 g/mol. The minimum absolute atomic E-state index is 0. The summed E-state index contributed by atoms with van der Waals surface area (Å²) in [6.07, 6.45) is 2.81. The number of rotatable bonds is 5. The predicted molar refractivity (Wildman–Crippen MR) is 102 cm³/mol. The maximum absolute atomic E-state index is 12.8. The Morgan fingerprint density at radius 2 is 1.84 bits per heavy atom. The van der Waals surface area contributed by atoms with Gasteiger partial charge < -0.3 is 11.1 Å². The maximum atomic E-state index is 12.8. The van der Waals surface area contributed by atoms with Gasteiger partial charge in [0.2, 0.25) is 10.0 Å². The largest absolute Gasteiger partial charge is 0.346 e. The van der Waals surface area contributed by atoms with Crippen molar-refractivity contribution in [2.45, 2.75) is 50.5 Å². The molecule has 25 heavy (non-hydrogen) atoms. The third kappa shape index (κ3) is 5.17. The minimum Gasteiger partial charge on any atom is -0.346 e. The summed E-state index contributed by atoms with van der Waals surface area (Å²) in [4.78, 5) is 12.7. The van der Waals surface area contributed by atoms with Crippen molar-refractivity contribution in [1.29, 1.82) is 0 Å². The Morgan fingerprint density at radius 3 is 2.40 bits per heavy atom. The fourth-order valence-corrected chi connectivity index (χ4v) is 4.23. The van der Waals surface area contributed by atoms with Crippen LogP contribution in [0.1, 0.15) is 49.0 Å². The number of carbonyl (C=O) groups is 1. The highest BCUT2D eigenvalue weighted by molar-refractivity contribution is 7.89. The van der Waals surface area contributed by atoms with Crippen LogP contribution in [0.4, 0.5) is 0 Å². The molecule has 0 radical (unpaired) electrons. The number of hydrogen-bond acceptors (Lipinski definition) is 4. The molecular formula is C17H28ClN3O3S. The summed E-state index contributed by atoms with van der Waals surface area (Å²) in [5.41, 5.74) is 6.20. The van der Waals surface area contributed by atoms with Crippen molar-refractivity contribution in [3.63, 3.8) is 0 Å². The molecule has 0 aromatic heterocycles. The number of amides is 1. The van der Waals surface area contributed by atoms with Crippen molar-refractivity contribution in [2.24, 2.45) is 5.73 Å². The molecule has 8 heteroatoms. The van der Waals surface area contributed by atoms with Gasteiger partial charge in [0, 0.05) is 30.7 Å². The third-order valence-corrected chi connectivity index (χ3v) is 6.26. The van der Waals surface area contributed by atoms with Gasteiger partial charge in [-0.1, -0.05) is 12.5 Å². The van der Waals surface area contributed by atoms with Gasteiger partial charge in [0.1, 0.15) is 0 Å². The molecule has 1 aliphatic heterocycles. The van der Waals surface area contributed by atoms with E-state index in [1.807, 2.05) is 13.8 Å². The number of hydrogen-bond donors (Lipinski definition) is 2. The van der Waals surface area contributed by atoms with Crippen LogP contribution in [0.15, 0.2) is 23.1 Å². The molecule has 1 heterocycles. The van der Waals surface area contributed by atoms with Gasteiger partial charge >= 0.3 is 0 Å². The van der Waals surface area contributed by atoms with E-state index >= 15 is 0 Å². The first-order valence-corrected chi connectivity index (χ1v) is 9.75. The first-order chi connectivity index (χ1) is 11.2. The van der Waals surface area contributed by atoms with E-state index in [1.54, 1.807) is 19.1 Å². The number of halogens is 1. The van der Waals surface area contributed by atoms with Crippen molar-refractivity contribution in [3.8, 4) is 0 Å². The van der Waals surface area contributed by atoms with Crippen molar-refractivity contribution < 1.29 is 13.2 Å². The number of nitrogens with zero attached hydrogens (tertiary/aromatic N) is 1. The first-order valence-electron chi connectivity index (χ1n) is 8.31. The van der Waals surface area contributed by atoms with Crippen LogP contribution in [0.25, 0.3) is 0 Å². The van der Waals surface area contributed by atoms with Gasteiger partial charge in [0.05, 0.1) is 4.90 Å². The van der Waals surface area contributed by atoms with E-state index in [4.69, 9.17) is 5.73 Å². The Labute approximate surface area is 156 Å². The van der Waals surface area contributed by atoms with E-state index in [0.717, 1.165) is 24.8 Å². The Balaban J connectivity index is 0.00000312. The van der Waals surface area contributed by atoms with E-state index in [1.165, 1.54) is 10.4 Å². The summed E-state index contributed by atoms with van der Waals surface area (Å²) in [6.45, 7) is 6.82. The van der Waals surface area contributed by atoms with Gasteiger partial charge in [-0.25, -0.2) is 8.42 Å². The van der Waals surface area contributed by atoms with Crippen LogP contribution in [0.5, 0.6) is 0 Å². The topological polar surface area (TPSA) is 92.5 Å². The zero-order chi connectivity index (χ0) is 18.0. The number of benzene rings is 1. The summed E-state index contributed by atoms with van der Waals surface area (Å²) < 4.78 is 27.1. The zero-order valence-electron chi connectivity index (χ0n) is 15.0. The molecule has 3 N–H and O–H groups in total. The summed E-state index contributed by atoms with van der Waals surface area (Å²) in [5.74, 6) is -0.307. The van der Waals surface area contributed by atoms with Crippen molar-refractivity contribution in [1.82, 2.24) is 9.62 Å². The van der Waals surface area contributed by atoms with Crippen LogP contribution in [-0.2, 0) is 10.0 Å². The predicted octanol–water partition coefficient (Wildman–Crippen LogP) is 2.06. The van der Waals surface area contributed by atoms with Crippen LogP contribution < -0.4 is 11.1 Å². The number of aryl methyl sites for hydroxylation is 1. The molecule has 142 valence electrons. The van der Waals surface area contributed by atoms with E-state index in [0.29, 0.717) is 25.2 Å². The normalized spacial score (nSPS) is 16.2. The highest BCUT2D eigenvalue weighted by Crippen LogP contribution is 2.23. The summed E-state index contributed by atoms with van der Waals surface area (Å²) in [6, 6.07) is 4.73. The summed E-state index contributed by atoms with van der Waals surface area (Å²) in [7, 11) is -3.56. The number of piperidine rings is 1. The number of nitrogens with one attached hydrogen (secondary N) is 1. The van der Waals surface area contributed by atoms with Gasteiger partial charge in [-0.3, -0.25) is 4.79 Å². The second kappa shape index (κ2) is 8.49. The molecule has 0 unspecified atom stereocenters. The van der Waals surface area contributed by atoms with Crippen LogP contribution in [0, 0.1) is 6.92 Å². The Bertz CT molecular complexity index is 714. The average molecular weight is 390 g/mol. The minimum atomic E-state index is -3.56. The molecule has 0 atom stereocenters. The smallest absolute Gasteiger partial charge is 0.252 e. The molecule has 0 saturated carbocycles. The lowest BCUT2D eigenvalue weighted by Crippen LogP contribution is -2.49. The summed E-state index contributed by atoms with van der Waals surface area (Å²) in [5, 5.41) is 2.85. The molecule has 1 saturated heterocycles. The molecule has 6 nitrogen and oxygen atoms in total. The summed E-state index contributed by atoms with van der Waals surface area (Å²) >= 11 is 0. The van der Waals surface area contributed by atoms with Gasteiger partial charge in [0.15, 0.2) is 0 Å². The Hall–Kier alpha value is -1.15. The fourth-order valence-electron chi connectivity index (χ4n) is 2.69. The molecule has 0 spiro atoms. The third-order valence-electron chi connectivity index (χ3n) is 4.37. The lowest BCUT2D eigenvalue weighted by Gasteiger charge is -2.27. The zero-order valence-corrected chi connectivity index (χ0v) is 16.7. The monoisotopic (exact) mass is 389 g/mol. The lowest BCUT2D eigenvalue weighted by molar-refractivity contribution is 0.0915. The Kier molecular flexibility index (Phi) is 7.43. The quantitative estimate of drug-likeness (QED) is 0.806. The van der Waals surface area contributed by atoms with Crippen molar-refractivity contribution in [3.05, 3.63) is 29.3 Å². The van der Waals surface area contributed by atoms with E-state index < -0.39 is 15.6 Å². The highest BCUT2D eigenvalue weighted by atomic mass is 35.5.